The summed E-state index contributed by atoms with van der Waals surface area (Å²) in [7, 11) is 1.26. The Bertz CT molecular complexity index is 635. The lowest BCUT2D eigenvalue weighted by Crippen LogP contribution is -2.51. The Hall–Kier alpha value is -2.77. The van der Waals surface area contributed by atoms with Crippen LogP contribution in [0.2, 0.25) is 0 Å². The van der Waals surface area contributed by atoms with E-state index in [0.717, 1.165) is 0 Å². The molecule has 2 unspecified atom stereocenters. The highest BCUT2D eigenvalue weighted by Gasteiger charge is 2.28. The number of amides is 5. The molecule has 0 aromatic rings. The van der Waals surface area contributed by atoms with Crippen molar-refractivity contribution in [1.82, 2.24) is 15.1 Å². The average Bonchev–Trinajstić information content (AvgIpc) is 3.63. The Morgan fingerprint density at radius 3 is 2.10 bits per heavy atom. The van der Waals surface area contributed by atoms with E-state index in [4.69, 9.17) is 23.7 Å². The van der Waals surface area contributed by atoms with Crippen LogP contribution in [-0.2, 0) is 38.1 Å². The molecule has 2 fully saturated rings. The Kier molecular flexibility index (Phi) is 9.44. The Morgan fingerprint density at radius 1 is 1.03 bits per heavy atom. The molecule has 0 aromatic carbocycles. The molecule has 2 saturated heterocycles. The molecule has 0 saturated carbocycles. The third kappa shape index (κ3) is 8.71. The molecule has 2 rings (SSSR count). The first-order chi connectivity index (χ1) is 14.4. The summed E-state index contributed by atoms with van der Waals surface area (Å²) in [5.74, 6) is -1.14. The fourth-order valence-electron chi connectivity index (χ4n) is 2.10. The van der Waals surface area contributed by atoms with E-state index < -0.39 is 30.7 Å². The van der Waals surface area contributed by atoms with E-state index in [2.05, 4.69) is 5.32 Å². The highest BCUT2D eigenvalue weighted by Crippen LogP contribution is 2.10. The van der Waals surface area contributed by atoms with Gasteiger partial charge in [0.2, 0.25) is 6.41 Å². The smallest absolute Gasteiger partial charge is 0.336 e. The van der Waals surface area contributed by atoms with Gasteiger partial charge in [0.1, 0.15) is 32.2 Å². The van der Waals surface area contributed by atoms with E-state index in [0.29, 0.717) is 23.0 Å². The molecular formula is C17H25N3O10. The van der Waals surface area contributed by atoms with Gasteiger partial charge in [-0.25, -0.2) is 14.5 Å². The van der Waals surface area contributed by atoms with Crippen molar-refractivity contribution in [2.75, 3.05) is 53.4 Å². The third-order valence-corrected chi connectivity index (χ3v) is 3.93. The summed E-state index contributed by atoms with van der Waals surface area (Å²) in [5.41, 5.74) is 0. The fourth-order valence-corrected chi connectivity index (χ4v) is 2.10. The highest BCUT2D eigenvalue weighted by atomic mass is 16.6. The summed E-state index contributed by atoms with van der Waals surface area (Å²) in [4.78, 5) is 60.5. The van der Waals surface area contributed by atoms with Gasteiger partial charge >= 0.3 is 24.0 Å². The minimum atomic E-state index is -0.990. The number of esters is 2. The second-order valence-corrected chi connectivity index (χ2v) is 6.44. The lowest BCUT2D eigenvalue weighted by atomic mass is 10.4. The van der Waals surface area contributed by atoms with Crippen LogP contribution in [-0.4, -0.2) is 106 Å². The van der Waals surface area contributed by atoms with Crippen molar-refractivity contribution < 1.29 is 47.7 Å². The predicted octanol–water partition coefficient (Wildman–Crippen LogP) is -1.16. The van der Waals surface area contributed by atoms with Crippen LogP contribution in [0.3, 0.4) is 0 Å². The van der Waals surface area contributed by atoms with E-state index >= 15 is 0 Å². The van der Waals surface area contributed by atoms with Gasteiger partial charge in [-0.05, 0) is 0 Å². The van der Waals surface area contributed by atoms with Crippen molar-refractivity contribution in [1.29, 1.82) is 0 Å². The zero-order chi connectivity index (χ0) is 21.9. The van der Waals surface area contributed by atoms with Gasteiger partial charge in [0.15, 0.2) is 0 Å². The second-order valence-electron chi connectivity index (χ2n) is 6.44. The lowest BCUT2D eigenvalue weighted by Gasteiger charge is -2.25. The quantitative estimate of drug-likeness (QED) is 0.163. The van der Waals surface area contributed by atoms with E-state index in [9.17, 15) is 24.0 Å². The van der Waals surface area contributed by atoms with E-state index in [1.165, 1.54) is 7.11 Å². The molecule has 1 N–H and O–H groups in total. The number of imide groups is 2. The molecule has 13 nitrogen and oxygen atoms in total. The minimum absolute atomic E-state index is 0.0630. The molecule has 2 aliphatic heterocycles. The van der Waals surface area contributed by atoms with Crippen LogP contribution in [0.5, 0.6) is 0 Å². The first-order valence-electron chi connectivity index (χ1n) is 9.29. The number of hydrogen-bond acceptors (Lipinski definition) is 10. The van der Waals surface area contributed by atoms with E-state index in [1.807, 2.05) is 0 Å². The number of nitrogens with one attached hydrogen (secondary N) is 1. The van der Waals surface area contributed by atoms with Crippen molar-refractivity contribution in [3.63, 3.8) is 0 Å². The molecule has 2 aliphatic rings. The van der Waals surface area contributed by atoms with Crippen molar-refractivity contribution in [3.05, 3.63) is 0 Å². The lowest BCUT2D eigenvalue weighted by molar-refractivity contribution is -0.145. The molecule has 5 amide bonds. The molecule has 0 radical (unpaired) electrons. The molecule has 13 heteroatoms. The zero-order valence-electron chi connectivity index (χ0n) is 16.6. The number of hydrogen-bond donors (Lipinski definition) is 1. The highest BCUT2D eigenvalue weighted by molar-refractivity contribution is 5.97. The monoisotopic (exact) mass is 431 g/mol. The van der Waals surface area contributed by atoms with Crippen molar-refractivity contribution >= 4 is 30.4 Å². The zero-order valence-corrected chi connectivity index (χ0v) is 16.6. The Morgan fingerprint density at radius 2 is 1.60 bits per heavy atom. The van der Waals surface area contributed by atoms with Crippen LogP contribution < -0.4 is 5.32 Å². The van der Waals surface area contributed by atoms with E-state index in [-0.39, 0.29) is 57.8 Å². The fraction of sp³-hybridized carbons (Fsp3) is 0.706. The first-order valence-corrected chi connectivity index (χ1v) is 9.29. The maximum atomic E-state index is 12.5. The molecule has 168 valence electrons. The van der Waals surface area contributed by atoms with E-state index in [1.54, 1.807) is 0 Å². The van der Waals surface area contributed by atoms with Gasteiger partial charge in [-0.1, -0.05) is 0 Å². The van der Waals surface area contributed by atoms with Crippen LogP contribution in [0.15, 0.2) is 0 Å². The molecule has 0 aromatic heterocycles. The number of carbonyl (C=O) groups is 5. The number of ether oxygens (including phenoxy) is 5. The summed E-state index contributed by atoms with van der Waals surface area (Å²) in [5, 5.41) is 2.37. The molecule has 2 atom stereocenters. The Labute approximate surface area is 172 Å². The maximum absolute atomic E-state index is 12.5. The maximum Gasteiger partial charge on any atom is 0.336 e. The SMILES string of the molecule is COCN(C(=O)NCCC(=O)OCC1CO1)C(=O)N(C=O)CCC(=O)OCC1CO1. The van der Waals surface area contributed by atoms with Crippen LogP contribution in [0.4, 0.5) is 9.59 Å². The van der Waals surface area contributed by atoms with Crippen LogP contribution in [0.25, 0.3) is 0 Å². The van der Waals surface area contributed by atoms with Crippen molar-refractivity contribution in [2.45, 2.75) is 25.0 Å². The van der Waals surface area contributed by atoms with Gasteiger partial charge in [-0.2, -0.15) is 0 Å². The molecule has 0 bridgehead atoms. The predicted molar refractivity (Wildman–Crippen MR) is 95.9 cm³/mol. The number of urea groups is 2. The summed E-state index contributed by atoms with van der Waals surface area (Å²) in [6, 6.07) is -1.86. The molecular weight excluding hydrogens is 406 g/mol. The number of nitrogens with zero attached hydrogens (tertiary/aromatic N) is 2. The third-order valence-electron chi connectivity index (χ3n) is 3.93. The van der Waals surface area contributed by atoms with Gasteiger partial charge in [0.05, 0.1) is 26.1 Å². The Balaban J connectivity index is 1.74. The summed E-state index contributed by atoms with van der Waals surface area (Å²) >= 11 is 0. The standard InChI is InChI=1S/C17H25N3O10/c1-26-11-20(16(24)18-4-2-14(22)29-8-12-6-27-12)17(25)19(10-21)5-3-15(23)30-9-13-7-28-13/h10,12-13H,2-9,11H2,1H3,(H,18,24). The van der Waals surface area contributed by atoms with Crippen molar-refractivity contribution in [3.8, 4) is 0 Å². The van der Waals surface area contributed by atoms with Crippen molar-refractivity contribution in [2.24, 2.45) is 0 Å². The van der Waals surface area contributed by atoms with Crippen LogP contribution in [0, 0.1) is 0 Å². The second kappa shape index (κ2) is 12.0. The summed E-state index contributed by atoms with van der Waals surface area (Å²) in [6.45, 7) is 0.538. The molecule has 0 aliphatic carbocycles. The van der Waals surface area contributed by atoms with Gasteiger partial charge in [0.25, 0.3) is 0 Å². The largest absolute Gasteiger partial charge is 0.463 e. The summed E-state index contributed by atoms with van der Waals surface area (Å²) < 4.78 is 24.5. The van der Waals surface area contributed by atoms with Gasteiger partial charge < -0.3 is 29.0 Å². The van der Waals surface area contributed by atoms with Gasteiger partial charge in [-0.3, -0.25) is 19.3 Å². The van der Waals surface area contributed by atoms with Gasteiger partial charge in [-0.15, -0.1) is 0 Å². The molecule has 0 spiro atoms. The number of carbonyl (C=O) groups excluding carboxylic acids is 5. The summed E-state index contributed by atoms with van der Waals surface area (Å²) in [6.07, 6.45) is -0.310. The van der Waals surface area contributed by atoms with Crippen LogP contribution >= 0.6 is 0 Å². The average molecular weight is 431 g/mol. The number of methoxy groups -OCH3 is 1. The normalized spacial score (nSPS) is 18.7. The topological polar surface area (TPSA) is 157 Å². The molecule has 2 heterocycles. The number of epoxide rings is 2. The molecule has 30 heavy (non-hydrogen) atoms. The van der Waals surface area contributed by atoms with Crippen LogP contribution in [0.1, 0.15) is 12.8 Å². The minimum Gasteiger partial charge on any atom is -0.463 e. The van der Waals surface area contributed by atoms with Gasteiger partial charge in [0, 0.05) is 20.2 Å². The number of rotatable bonds is 13. The first kappa shape index (κ1) is 23.5.